The van der Waals surface area contributed by atoms with Crippen LogP contribution in [0.15, 0.2) is 24.5 Å². The summed E-state index contributed by atoms with van der Waals surface area (Å²) in [6.45, 7) is 1.94. The van der Waals surface area contributed by atoms with Crippen LogP contribution in [0.25, 0.3) is 11.0 Å². The van der Waals surface area contributed by atoms with Crippen molar-refractivity contribution in [1.82, 2.24) is 14.9 Å². The Morgan fingerprint density at radius 3 is 2.95 bits per heavy atom. The molecule has 1 aliphatic heterocycles. The summed E-state index contributed by atoms with van der Waals surface area (Å²) in [4.78, 5) is 21.2. The number of imidazole rings is 1. The van der Waals surface area contributed by atoms with E-state index in [2.05, 4.69) is 21.9 Å². The molecule has 96 valence electrons. The van der Waals surface area contributed by atoms with Crippen LogP contribution in [0.4, 0.5) is 0 Å². The Bertz CT molecular complexity index is 657. The number of aromatic amines is 1. The largest absolute Gasteiger partial charge is 0.345 e. The van der Waals surface area contributed by atoms with Crippen LogP contribution < -0.4 is 0 Å². The summed E-state index contributed by atoms with van der Waals surface area (Å²) in [5, 5.41) is 0. The number of aromatic nitrogens is 2. The second kappa shape index (κ2) is 5.15. The fourth-order valence-electron chi connectivity index (χ4n) is 2.28. The molecule has 3 rings (SSSR count). The van der Waals surface area contributed by atoms with Crippen molar-refractivity contribution in [2.75, 3.05) is 13.1 Å². The molecule has 1 aromatic heterocycles. The van der Waals surface area contributed by atoms with Crippen LogP contribution in [-0.4, -0.2) is 33.7 Å². The molecule has 1 saturated heterocycles. The van der Waals surface area contributed by atoms with Gasteiger partial charge in [0, 0.05) is 24.7 Å². The highest BCUT2D eigenvalue weighted by Gasteiger charge is 2.07. The van der Waals surface area contributed by atoms with Crippen LogP contribution in [0.2, 0.25) is 0 Å². The number of ketones is 1. The molecular formula is C15H15N3O. The lowest BCUT2D eigenvalue weighted by molar-refractivity contribution is 0.105. The molecule has 0 atom stereocenters. The molecule has 0 saturated carbocycles. The van der Waals surface area contributed by atoms with Gasteiger partial charge in [-0.25, -0.2) is 4.98 Å². The van der Waals surface area contributed by atoms with Crippen molar-refractivity contribution in [3.63, 3.8) is 0 Å². The van der Waals surface area contributed by atoms with Crippen molar-refractivity contribution < 1.29 is 4.79 Å². The summed E-state index contributed by atoms with van der Waals surface area (Å²) in [5.74, 6) is 2.59. The maximum absolute atomic E-state index is 12.0. The van der Waals surface area contributed by atoms with Crippen LogP contribution in [0.5, 0.6) is 0 Å². The fraction of sp³-hybridized carbons (Fsp3) is 0.333. The van der Waals surface area contributed by atoms with Gasteiger partial charge in [-0.3, -0.25) is 4.79 Å². The molecule has 19 heavy (non-hydrogen) atoms. The smallest absolute Gasteiger partial charge is 0.237 e. The van der Waals surface area contributed by atoms with Crippen molar-refractivity contribution >= 4 is 16.8 Å². The summed E-state index contributed by atoms with van der Waals surface area (Å²) >= 11 is 0. The third kappa shape index (κ3) is 2.60. The van der Waals surface area contributed by atoms with Crippen LogP contribution in [-0.2, 0) is 0 Å². The van der Waals surface area contributed by atoms with Gasteiger partial charge < -0.3 is 9.88 Å². The molecule has 2 aromatic rings. The van der Waals surface area contributed by atoms with Gasteiger partial charge in [-0.15, -0.1) is 0 Å². The van der Waals surface area contributed by atoms with Crippen molar-refractivity contribution in [2.24, 2.45) is 0 Å². The minimum absolute atomic E-state index is 0.137. The van der Waals surface area contributed by atoms with Gasteiger partial charge in [0.15, 0.2) is 0 Å². The van der Waals surface area contributed by atoms with E-state index in [0.717, 1.165) is 24.1 Å². The molecule has 0 amide bonds. The number of likely N-dealkylation sites (tertiary alicyclic amines) is 1. The van der Waals surface area contributed by atoms with Gasteiger partial charge in [0.2, 0.25) is 5.78 Å². The molecule has 0 unspecified atom stereocenters. The molecular weight excluding hydrogens is 238 g/mol. The number of nitrogens with zero attached hydrogens (tertiary/aromatic N) is 2. The number of benzene rings is 1. The van der Waals surface area contributed by atoms with Crippen molar-refractivity contribution in [3.8, 4) is 12.0 Å². The number of fused-ring (bicyclic) bond motifs is 1. The highest BCUT2D eigenvalue weighted by atomic mass is 16.1. The average Bonchev–Trinajstić information content (AvgIpc) is 2.93. The first-order valence-corrected chi connectivity index (χ1v) is 6.57. The van der Waals surface area contributed by atoms with Gasteiger partial charge in [0.1, 0.15) is 0 Å². The maximum Gasteiger partial charge on any atom is 0.237 e. The van der Waals surface area contributed by atoms with E-state index in [-0.39, 0.29) is 5.78 Å². The average molecular weight is 253 g/mol. The lowest BCUT2D eigenvalue weighted by atomic mass is 10.1. The first-order chi connectivity index (χ1) is 9.33. The molecule has 0 aliphatic carbocycles. The number of Topliss-reactive ketones (excluding diaryl/α,β-unsaturated/α-hetero) is 1. The second-order valence-electron chi connectivity index (χ2n) is 4.75. The van der Waals surface area contributed by atoms with Crippen molar-refractivity contribution in [3.05, 3.63) is 30.1 Å². The zero-order valence-corrected chi connectivity index (χ0v) is 10.6. The number of H-pyrrole nitrogens is 1. The SMILES string of the molecule is O=C(C#CN1CCCCC1)c1ccc2nc[nH]c2c1. The lowest BCUT2D eigenvalue weighted by Gasteiger charge is -2.21. The Labute approximate surface area is 111 Å². The summed E-state index contributed by atoms with van der Waals surface area (Å²) in [6, 6.07) is 8.38. The van der Waals surface area contributed by atoms with E-state index in [9.17, 15) is 4.79 Å². The third-order valence-electron chi connectivity index (χ3n) is 3.37. The summed E-state index contributed by atoms with van der Waals surface area (Å²) in [6.07, 6.45) is 5.23. The Kier molecular flexibility index (Phi) is 3.20. The summed E-state index contributed by atoms with van der Waals surface area (Å²) in [7, 11) is 0. The van der Waals surface area contributed by atoms with Gasteiger partial charge in [-0.1, -0.05) is 0 Å². The van der Waals surface area contributed by atoms with Crippen LogP contribution >= 0.6 is 0 Å². The highest BCUT2D eigenvalue weighted by Crippen LogP contribution is 2.12. The van der Waals surface area contributed by atoms with Crippen molar-refractivity contribution in [1.29, 1.82) is 0 Å². The van der Waals surface area contributed by atoms with Gasteiger partial charge in [-0.2, -0.15) is 0 Å². The van der Waals surface area contributed by atoms with E-state index in [4.69, 9.17) is 0 Å². The molecule has 1 fully saturated rings. The Morgan fingerprint density at radius 2 is 2.11 bits per heavy atom. The van der Waals surface area contributed by atoms with Gasteiger partial charge >= 0.3 is 0 Å². The van der Waals surface area contributed by atoms with Gasteiger partial charge in [0.25, 0.3) is 0 Å². The molecule has 0 bridgehead atoms. The number of hydrogen-bond donors (Lipinski definition) is 1. The number of hydrogen-bond acceptors (Lipinski definition) is 3. The Hall–Kier alpha value is -2.28. The zero-order chi connectivity index (χ0) is 13.1. The number of piperidine rings is 1. The predicted octanol–water partition coefficient (Wildman–Crippen LogP) is 2.19. The summed E-state index contributed by atoms with van der Waals surface area (Å²) < 4.78 is 0. The first kappa shape index (κ1) is 11.8. The number of rotatable bonds is 1. The normalized spacial score (nSPS) is 15.1. The predicted molar refractivity (Wildman–Crippen MR) is 73.6 cm³/mol. The van der Waals surface area contributed by atoms with Crippen molar-refractivity contribution in [2.45, 2.75) is 19.3 Å². The molecule has 1 aromatic carbocycles. The molecule has 0 spiro atoms. The van der Waals surface area contributed by atoms with Crippen LogP contribution in [0, 0.1) is 12.0 Å². The summed E-state index contributed by atoms with van der Waals surface area (Å²) in [5.41, 5.74) is 2.34. The van der Waals surface area contributed by atoms with E-state index in [0.29, 0.717) is 5.56 Å². The number of carbonyl (C=O) groups is 1. The topological polar surface area (TPSA) is 49.0 Å². The Morgan fingerprint density at radius 1 is 1.26 bits per heavy atom. The molecule has 1 aliphatic rings. The molecule has 2 heterocycles. The van der Waals surface area contributed by atoms with E-state index in [1.54, 1.807) is 18.5 Å². The molecule has 1 N–H and O–H groups in total. The van der Waals surface area contributed by atoms with E-state index in [1.807, 2.05) is 11.0 Å². The fourth-order valence-corrected chi connectivity index (χ4v) is 2.28. The zero-order valence-electron chi connectivity index (χ0n) is 10.6. The van der Waals surface area contributed by atoms with Gasteiger partial charge in [-0.05, 0) is 43.4 Å². The first-order valence-electron chi connectivity index (χ1n) is 6.57. The minimum atomic E-state index is -0.137. The maximum atomic E-state index is 12.0. The van der Waals surface area contributed by atoms with E-state index in [1.165, 1.54) is 19.3 Å². The quantitative estimate of drug-likeness (QED) is 0.626. The van der Waals surface area contributed by atoms with Crippen LogP contribution in [0.3, 0.4) is 0 Å². The third-order valence-corrected chi connectivity index (χ3v) is 3.37. The van der Waals surface area contributed by atoms with E-state index >= 15 is 0 Å². The Balaban J connectivity index is 1.77. The lowest BCUT2D eigenvalue weighted by Crippen LogP contribution is -2.24. The molecule has 4 nitrogen and oxygen atoms in total. The number of nitrogens with one attached hydrogen (secondary N) is 1. The van der Waals surface area contributed by atoms with Gasteiger partial charge in [0.05, 0.1) is 17.4 Å². The van der Waals surface area contributed by atoms with E-state index < -0.39 is 0 Å². The minimum Gasteiger partial charge on any atom is -0.345 e. The van der Waals surface area contributed by atoms with Crippen LogP contribution in [0.1, 0.15) is 29.6 Å². The molecule has 4 heteroatoms. The number of carbonyl (C=O) groups excluding carboxylic acids is 1. The monoisotopic (exact) mass is 253 g/mol. The standard InChI is InChI=1S/C15H15N3O/c19-15(6-9-18-7-2-1-3-8-18)12-4-5-13-14(10-12)17-11-16-13/h4-5,10-11H,1-3,7-8H2,(H,16,17). The molecule has 0 radical (unpaired) electrons. The highest BCUT2D eigenvalue weighted by molar-refractivity contribution is 6.10. The second-order valence-corrected chi connectivity index (χ2v) is 4.75.